The van der Waals surface area contributed by atoms with E-state index in [1.54, 1.807) is 12.1 Å². The Balaban J connectivity index is 1.66. The number of nitrogens with two attached hydrogens (primary N) is 1. The van der Waals surface area contributed by atoms with Crippen molar-refractivity contribution in [3.8, 4) is 17.1 Å². The Kier molecular flexibility index (Phi) is 4.71. The molecule has 0 radical (unpaired) electrons. The van der Waals surface area contributed by atoms with Crippen molar-refractivity contribution in [3.05, 3.63) is 47.8 Å². The van der Waals surface area contributed by atoms with Crippen LogP contribution in [0.2, 0.25) is 0 Å². The number of primary amides is 1. The van der Waals surface area contributed by atoms with Crippen LogP contribution in [0.1, 0.15) is 19.4 Å². The van der Waals surface area contributed by atoms with E-state index in [-0.39, 0.29) is 18.5 Å². The van der Waals surface area contributed by atoms with Crippen molar-refractivity contribution >= 4 is 6.09 Å². The molecule has 2 heterocycles. The van der Waals surface area contributed by atoms with Crippen LogP contribution in [0.4, 0.5) is 9.18 Å². The number of hydrogen-bond acceptors (Lipinski definition) is 5. The third-order valence-corrected chi connectivity index (χ3v) is 5.57. The van der Waals surface area contributed by atoms with Crippen molar-refractivity contribution in [2.75, 3.05) is 19.7 Å². The van der Waals surface area contributed by atoms with Crippen LogP contribution >= 0.6 is 0 Å². The van der Waals surface area contributed by atoms with Crippen LogP contribution in [0.3, 0.4) is 0 Å². The number of nitrogens with one attached hydrogen (secondary N) is 1. The largest absolute Gasteiger partial charge is 0.474 e. The number of fused-ring (bicyclic) bond motifs is 1. The van der Waals surface area contributed by atoms with Crippen LogP contribution in [0, 0.1) is 17.7 Å². The average Bonchev–Trinajstić information content (AvgIpc) is 3.08. The molecule has 3 N–H and O–H groups in total. The highest BCUT2D eigenvalue weighted by molar-refractivity contribution is 5.65. The van der Waals surface area contributed by atoms with E-state index < -0.39 is 11.5 Å². The highest BCUT2D eigenvalue weighted by Gasteiger charge is 2.55. The lowest BCUT2D eigenvalue weighted by atomic mass is 9.85. The number of carbonyl (C=O) groups is 1. The predicted octanol–water partition coefficient (Wildman–Crippen LogP) is 2.86. The Hall–Kier alpha value is -2.67. The minimum Gasteiger partial charge on any atom is -0.474 e. The molecule has 1 aliphatic carbocycles. The first-order valence-corrected chi connectivity index (χ1v) is 9.41. The Labute approximate surface area is 163 Å². The highest BCUT2D eigenvalue weighted by atomic mass is 19.1. The Morgan fingerprint density at radius 1 is 1.25 bits per heavy atom. The van der Waals surface area contributed by atoms with Crippen molar-refractivity contribution in [1.29, 1.82) is 0 Å². The number of halogens is 1. The van der Waals surface area contributed by atoms with Gasteiger partial charge in [-0.25, -0.2) is 14.2 Å². The molecular weight excluding hydrogens is 361 g/mol. The fourth-order valence-electron chi connectivity index (χ4n) is 3.74. The molecule has 2 unspecified atom stereocenters. The molecule has 1 saturated heterocycles. The first-order chi connectivity index (χ1) is 13.3. The maximum atomic E-state index is 13.3. The van der Waals surface area contributed by atoms with Gasteiger partial charge in [0.25, 0.3) is 0 Å². The van der Waals surface area contributed by atoms with Gasteiger partial charge in [0.05, 0.1) is 5.69 Å². The van der Waals surface area contributed by atoms with Crippen LogP contribution in [0.25, 0.3) is 11.3 Å². The van der Waals surface area contributed by atoms with Crippen molar-refractivity contribution < 1.29 is 18.7 Å². The maximum Gasteiger partial charge on any atom is 0.404 e. The summed E-state index contributed by atoms with van der Waals surface area (Å²) in [7, 11) is 0. The number of carbonyl (C=O) groups excluding carboxylic acids is 1. The number of benzene rings is 1. The zero-order chi connectivity index (χ0) is 19.9. The van der Waals surface area contributed by atoms with Crippen LogP contribution in [-0.4, -0.2) is 36.9 Å². The average molecular weight is 385 g/mol. The van der Waals surface area contributed by atoms with Gasteiger partial charge in [-0.2, -0.15) is 0 Å². The SMILES string of the molecule is CC(C)(COC(N)=O)c1cc(OC2C3CNCC32)nc(-c2ccc(F)cc2)c1. The lowest BCUT2D eigenvalue weighted by Gasteiger charge is -2.25. The second-order valence-corrected chi connectivity index (χ2v) is 8.15. The van der Waals surface area contributed by atoms with Crippen LogP contribution in [0.5, 0.6) is 5.88 Å². The fourth-order valence-corrected chi connectivity index (χ4v) is 3.74. The molecule has 6 nitrogen and oxygen atoms in total. The molecule has 0 spiro atoms. The Bertz CT molecular complexity index is 875. The fraction of sp³-hybridized carbons (Fsp3) is 0.429. The van der Waals surface area contributed by atoms with Gasteiger partial charge in [-0.15, -0.1) is 0 Å². The monoisotopic (exact) mass is 385 g/mol. The number of amides is 1. The molecule has 2 aromatic rings. The minimum absolute atomic E-state index is 0.132. The first-order valence-electron chi connectivity index (χ1n) is 9.41. The van der Waals surface area contributed by atoms with Gasteiger partial charge in [-0.1, -0.05) is 13.8 Å². The second-order valence-electron chi connectivity index (χ2n) is 8.15. The topological polar surface area (TPSA) is 86.5 Å². The normalized spacial score (nSPS) is 23.2. The summed E-state index contributed by atoms with van der Waals surface area (Å²) in [5, 5.41) is 3.35. The van der Waals surface area contributed by atoms with E-state index in [0.29, 0.717) is 23.4 Å². The number of nitrogens with zero attached hydrogens (tertiary/aromatic N) is 1. The maximum absolute atomic E-state index is 13.3. The minimum atomic E-state index is -0.810. The molecule has 2 fully saturated rings. The number of hydrogen-bond donors (Lipinski definition) is 2. The van der Waals surface area contributed by atoms with Crippen molar-refractivity contribution in [2.24, 2.45) is 17.6 Å². The first kappa shape index (κ1) is 18.7. The van der Waals surface area contributed by atoms with E-state index in [2.05, 4.69) is 10.3 Å². The smallest absolute Gasteiger partial charge is 0.404 e. The summed E-state index contributed by atoms with van der Waals surface area (Å²) >= 11 is 0. The molecule has 1 aromatic carbocycles. The summed E-state index contributed by atoms with van der Waals surface area (Å²) < 4.78 is 24.5. The van der Waals surface area contributed by atoms with Gasteiger partial charge in [-0.3, -0.25) is 0 Å². The molecule has 0 bridgehead atoms. The van der Waals surface area contributed by atoms with E-state index in [9.17, 15) is 9.18 Å². The molecule has 28 heavy (non-hydrogen) atoms. The molecule has 1 amide bonds. The molecule has 4 rings (SSSR count). The summed E-state index contributed by atoms with van der Waals surface area (Å²) in [6.45, 7) is 5.99. The quantitative estimate of drug-likeness (QED) is 0.799. The molecule has 1 saturated carbocycles. The molecule has 7 heteroatoms. The predicted molar refractivity (Wildman–Crippen MR) is 102 cm³/mol. The number of rotatable bonds is 6. The molecule has 2 aliphatic rings. The number of piperidine rings is 1. The molecule has 1 aromatic heterocycles. The molecular formula is C21H24FN3O3. The zero-order valence-electron chi connectivity index (χ0n) is 15.9. The lowest BCUT2D eigenvalue weighted by Crippen LogP contribution is -2.28. The van der Waals surface area contributed by atoms with Gasteiger partial charge < -0.3 is 20.5 Å². The number of aromatic nitrogens is 1. The van der Waals surface area contributed by atoms with Crippen LogP contribution in [0.15, 0.2) is 36.4 Å². The van der Waals surface area contributed by atoms with Gasteiger partial charge in [0.15, 0.2) is 0 Å². The van der Waals surface area contributed by atoms with Crippen LogP contribution in [-0.2, 0) is 10.2 Å². The van der Waals surface area contributed by atoms with Crippen molar-refractivity contribution in [2.45, 2.75) is 25.4 Å². The third-order valence-electron chi connectivity index (χ3n) is 5.57. The summed E-state index contributed by atoms with van der Waals surface area (Å²) in [5.74, 6) is 1.30. The Morgan fingerprint density at radius 2 is 1.93 bits per heavy atom. The van der Waals surface area contributed by atoms with E-state index in [0.717, 1.165) is 24.2 Å². The molecule has 148 valence electrons. The summed E-state index contributed by atoms with van der Waals surface area (Å²) in [5.41, 5.74) is 7.01. The van der Waals surface area contributed by atoms with E-state index in [1.165, 1.54) is 12.1 Å². The third kappa shape index (κ3) is 3.80. The second kappa shape index (κ2) is 7.05. The highest BCUT2D eigenvalue weighted by Crippen LogP contribution is 2.44. The van der Waals surface area contributed by atoms with Gasteiger partial charge in [0.2, 0.25) is 5.88 Å². The zero-order valence-corrected chi connectivity index (χ0v) is 15.9. The van der Waals surface area contributed by atoms with Gasteiger partial charge in [-0.05, 0) is 35.9 Å². The molecule has 1 aliphatic heterocycles. The van der Waals surface area contributed by atoms with E-state index in [4.69, 9.17) is 15.2 Å². The molecule has 2 atom stereocenters. The summed E-state index contributed by atoms with van der Waals surface area (Å²) in [6, 6.07) is 9.99. The van der Waals surface area contributed by atoms with Crippen molar-refractivity contribution in [1.82, 2.24) is 10.3 Å². The lowest BCUT2D eigenvalue weighted by molar-refractivity contribution is 0.132. The summed E-state index contributed by atoms with van der Waals surface area (Å²) in [6.07, 6.45) is -0.634. The Morgan fingerprint density at radius 3 is 2.57 bits per heavy atom. The van der Waals surface area contributed by atoms with Gasteiger partial charge in [0.1, 0.15) is 18.5 Å². The van der Waals surface area contributed by atoms with Crippen LogP contribution < -0.4 is 15.8 Å². The number of pyridine rings is 1. The standard InChI is InChI=1S/C21H24FN3O3/c1-21(2,11-27-20(23)26)13-7-17(12-3-5-14(22)6-4-12)25-18(8-13)28-19-15-9-24-10-16(15)19/h3-8,15-16,19,24H,9-11H2,1-2H3,(H2,23,26). The number of ether oxygens (including phenoxy) is 2. The van der Waals surface area contributed by atoms with Gasteiger partial charge in [0, 0.05) is 42.0 Å². The van der Waals surface area contributed by atoms with Gasteiger partial charge >= 0.3 is 6.09 Å². The van der Waals surface area contributed by atoms with E-state index >= 15 is 0 Å². The summed E-state index contributed by atoms with van der Waals surface area (Å²) in [4.78, 5) is 15.7. The van der Waals surface area contributed by atoms with E-state index in [1.807, 2.05) is 26.0 Å². The van der Waals surface area contributed by atoms with Crippen molar-refractivity contribution in [3.63, 3.8) is 0 Å².